The molecule has 2 saturated carbocycles. The molecule has 2 aliphatic rings. The summed E-state index contributed by atoms with van der Waals surface area (Å²) in [4.78, 5) is 0. The van der Waals surface area contributed by atoms with Crippen molar-refractivity contribution in [3.8, 4) is 0 Å². The molecule has 116 valence electrons. The zero-order valence-electron chi connectivity index (χ0n) is 13.4. The van der Waals surface area contributed by atoms with E-state index in [1.54, 1.807) is 0 Å². The fourth-order valence-corrected chi connectivity index (χ4v) is 4.89. The van der Waals surface area contributed by atoms with Gasteiger partial charge >= 0.3 is 0 Å². The molecular weight excluding hydrogens is 254 g/mol. The minimum absolute atomic E-state index is 0.258. The Morgan fingerprint density at radius 3 is 2.00 bits per heavy atom. The maximum Gasteiger partial charge on any atom is 0.0165 e. The maximum atomic E-state index is 6.96. The first-order valence-corrected chi connectivity index (χ1v) is 9.14. The standard InChI is InChI=1S/C20H31N/c21-19(17-11-5-1-2-6-12-17)20(15-9-4-10-16-20)18-13-7-3-8-14-18/h3,7-8,13-14,17,19H,1-2,4-6,9-12,15-16,21H2. The molecule has 1 aromatic carbocycles. The van der Waals surface area contributed by atoms with E-state index in [4.69, 9.17) is 5.73 Å². The van der Waals surface area contributed by atoms with Gasteiger partial charge in [0.2, 0.25) is 0 Å². The van der Waals surface area contributed by atoms with Crippen LogP contribution in [0.5, 0.6) is 0 Å². The largest absolute Gasteiger partial charge is 0.327 e. The lowest BCUT2D eigenvalue weighted by Gasteiger charge is -2.46. The van der Waals surface area contributed by atoms with Crippen LogP contribution in [0.4, 0.5) is 0 Å². The van der Waals surface area contributed by atoms with Gasteiger partial charge in [-0.1, -0.05) is 75.3 Å². The highest BCUT2D eigenvalue weighted by molar-refractivity contribution is 5.29. The van der Waals surface area contributed by atoms with Crippen LogP contribution in [0, 0.1) is 5.92 Å². The van der Waals surface area contributed by atoms with Crippen molar-refractivity contribution >= 4 is 0 Å². The van der Waals surface area contributed by atoms with Crippen LogP contribution in [-0.2, 0) is 5.41 Å². The predicted molar refractivity (Wildman–Crippen MR) is 90.4 cm³/mol. The van der Waals surface area contributed by atoms with E-state index < -0.39 is 0 Å². The minimum Gasteiger partial charge on any atom is -0.327 e. The molecule has 3 rings (SSSR count). The Kier molecular flexibility index (Phi) is 5.00. The van der Waals surface area contributed by atoms with Crippen LogP contribution in [0.1, 0.15) is 76.2 Å². The summed E-state index contributed by atoms with van der Waals surface area (Å²) >= 11 is 0. The summed E-state index contributed by atoms with van der Waals surface area (Å²) in [6.07, 6.45) is 15.0. The first-order valence-electron chi connectivity index (χ1n) is 9.14. The molecule has 0 radical (unpaired) electrons. The summed E-state index contributed by atoms with van der Waals surface area (Å²) in [5.74, 6) is 0.741. The fraction of sp³-hybridized carbons (Fsp3) is 0.700. The third-order valence-electron chi connectivity index (χ3n) is 6.14. The van der Waals surface area contributed by atoms with Crippen LogP contribution in [0.15, 0.2) is 30.3 Å². The van der Waals surface area contributed by atoms with Gasteiger partial charge in [0.15, 0.2) is 0 Å². The maximum absolute atomic E-state index is 6.96. The van der Waals surface area contributed by atoms with Crippen LogP contribution in [-0.4, -0.2) is 6.04 Å². The van der Waals surface area contributed by atoms with Crippen molar-refractivity contribution in [2.24, 2.45) is 11.7 Å². The highest BCUT2D eigenvalue weighted by Gasteiger charge is 2.42. The van der Waals surface area contributed by atoms with Crippen molar-refractivity contribution in [2.75, 3.05) is 0 Å². The number of hydrogen-bond acceptors (Lipinski definition) is 1. The van der Waals surface area contributed by atoms with E-state index in [1.165, 1.54) is 76.2 Å². The highest BCUT2D eigenvalue weighted by Crippen LogP contribution is 2.45. The molecule has 2 fully saturated rings. The Bertz CT molecular complexity index is 411. The fourth-order valence-electron chi connectivity index (χ4n) is 4.89. The molecule has 0 heterocycles. The molecular formula is C20H31N. The summed E-state index contributed by atoms with van der Waals surface area (Å²) in [6.45, 7) is 0. The Balaban J connectivity index is 1.87. The van der Waals surface area contributed by atoms with Crippen LogP contribution in [0.3, 0.4) is 0 Å². The quantitative estimate of drug-likeness (QED) is 0.760. The smallest absolute Gasteiger partial charge is 0.0165 e. The van der Waals surface area contributed by atoms with Crippen molar-refractivity contribution in [3.63, 3.8) is 0 Å². The summed E-state index contributed by atoms with van der Waals surface area (Å²) < 4.78 is 0. The summed E-state index contributed by atoms with van der Waals surface area (Å²) in [5, 5.41) is 0. The van der Waals surface area contributed by atoms with E-state index in [2.05, 4.69) is 30.3 Å². The van der Waals surface area contributed by atoms with Crippen molar-refractivity contribution in [3.05, 3.63) is 35.9 Å². The molecule has 0 saturated heterocycles. The number of hydrogen-bond donors (Lipinski definition) is 1. The zero-order chi connectivity index (χ0) is 14.5. The van der Waals surface area contributed by atoms with Crippen molar-refractivity contribution < 1.29 is 0 Å². The van der Waals surface area contributed by atoms with Gasteiger partial charge in [-0.2, -0.15) is 0 Å². The second-order valence-electron chi connectivity index (χ2n) is 7.36. The molecule has 0 aliphatic heterocycles. The Labute approximate surface area is 130 Å². The lowest BCUT2D eigenvalue weighted by molar-refractivity contribution is 0.181. The van der Waals surface area contributed by atoms with E-state index >= 15 is 0 Å². The van der Waals surface area contributed by atoms with Crippen LogP contribution >= 0.6 is 0 Å². The van der Waals surface area contributed by atoms with Crippen molar-refractivity contribution in [1.29, 1.82) is 0 Å². The molecule has 1 nitrogen and oxygen atoms in total. The molecule has 2 N–H and O–H groups in total. The molecule has 1 heteroatoms. The van der Waals surface area contributed by atoms with Crippen molar-refractivity contribution in [1.82, 2.24) is 0 Å². The Morgan fingerprint density at radius 1 is 0.810 bits per heavy atom. The third kappa shape index (κ3) is 3.18. The second-order valence-corrected chi connectivity index (χ2v) is 7.36. The zero-order valence-corrected chi connectivity index (χ0v) is 13.4. The Morgan fingerprint density at radius 2 is 1.38 bits per heavy atom. The van der Waals surface area contributed by atoms with Crippen LogP contribution < -0.4 is 5.73 Å². The number of rotatable bonds is 3. The van der Waals surface area contributed by atoms with Crippen LogP contribution in [0.25, 0.3) is 0 Å². The van der Waals surface area contributed by atoms with Gasteiger partial charge in [-0.25, -0.2) is 0 Å². The molecule has 2 aliphatic carbocycles. The van der Waals surface area contributed by atoms with E-state index in [-0.39, 0.29) is 5.41 Å². The monoisotopic (exact) mass is 285 g/mol. The van der Waals surface area contributed by atoms with Crippen molar-refractivity contribution in [2.45, 2.75) is 82.1 Å². The number of nitrogens with two attached hydrogens (primary N) is 1. The van der Waals surface area contributed by atoms with Gasteiger partial charge in [0.05, 0.1) is 0 Å². The van der Waals surface area contributed by atoms with E-state index in [0.29, 0.717) is 6.04 Å². The van der Waals surface area contributed by atoms with Crippen LogP contribution in [0.2, 0.25) is 0 Å². The van der Waals surface area contributed by atoms with Gasteiger partial charge in [-0.05, 0) is 37.2 Å². The van der Waals surface area contributed by atoms with Gasteiger partial charge < -0.3 is 5.73 Å². The lowest BCUT2D eigenvalue weighted by Crippen LogP contribution is -2.51. The van der Waals surface area contributed by atoms with Gasteiger partial charge in [0.1, 0.15) is 0 Å². The average molecular weight is 285 g/mol. The van der Waals surface area contributed by atoms with Gasteiger partial charge in [0, 0.05) is 11.5 Å². The Hall–Kier alpha value is -0.820. The molecule has 0 bridgehead atoms. The number of benzene rings is 1. The summed E-state index contributed by atoms with van der Waals surface area (Å²) in [7, 11) is 0. The first-order chi connectivity index (χ1) is 10.3. The SMILES string of the molecule is NC(C1CCCCCC1)C1(c2ccccc2)CCCCC1. The molecule has 1 aromatic rings. The lowest BCUT2D eigenvalue weighted by atomic mass is 9.61. The minimum atomic E-state index is 0.258. The summed E-state index contributed by atoms with van der Waals surface area (Å²) in [5.41, 5.74) is 8.73. The third-order valence-corrected chi connectivity index (χ3v) is 6.14. The molecule has 21 heavy (non-hydrogen) atoms. The van der Waals surface area contributed by atoms with Gasteiger partial charge in [-0.15, -0.1) is 0 Å². The van der Waals surface area contributed by atoms with Gasteiger partial charge in [-0.3, -0.25) is 0 Å². The van der Waals surface area contributed by atoms with E-state index in [0.717, 1.165) is 5.92 Å². The molecule has 0 amide bonds. The topological polar surface area (TPSA) is 26.0 Å². The van der Waals surface area contributed by atoms with Gasteiger partial charge in [0.25, 0.3) is 0 Å². The molecule has 1 unspecified atom stereocenters. The normalized spacial score (nSPS) is 25.2. The first kappa shape index (κ1) is 15.1. The predicted octanol–water partition coefficient (Wildman–Crippen LogP) is 5.19. The summed E-state index contributed by atoms with van der Waals surface area (Å²) in [6, 6.07) is 11.6. The second kappa shape index (κ2) is 6.96. The molecule has 0 spiro atoms. The average Bonchev–Trinajstić information content (AvgIpc) is 2.85. The molecule has 0 aromatic heterocycles. The highest BCUT2D eigenvalue weighted by atomic mass is 14.7. The molecule has 1 atom stereocenters. The van der Waals surface area contributed by atoms with E-state index in [9.17, 15) is 0 Å². The van der Waals surface area contributed by atoms with E-state index in [1.807, 2.05) is 0 Å².